The van der Waals surface area contributed by atoms with E-state index < -0.39 is 0 Å². The van der Waals surface area contributed by atoms with Gasteiger partial charge in [0.25, 0.3) is 0 Å². The van der Waals surface area contributed by atoms with Crippen molar-refractivity contribution >= 4 is 5.91 Å². The number of hydrogen-bond acceptors (Lipinski definition) is 5. The van der Waals surface area contributed by atoms with Crippen molar-refractivity contribution in [2.75, 3.05) is 13.2 Å². The van der Waals surface area contributed by atoms with E-state index in [-0.39, 0.29) is 18.3 Å². The first-order valence-corrected chi connectivity index (χ1v) is 7.69. The highest BCUT2D eigenvalue weighted by Crippen LogP contribution is 2.13. The van der Waals surface area contributed by atoms with Gasteiger partial charge in [0.05, 0.1) is 6.54 Å². The van der Waals surface area contributed by atoms with Crippen LogP contribution in [0.15, 0.2) is 54.6 Å². The molecule has 0 unspecified atom stereocenters. The van der Waals surface area contributed by atoms with Gasteiger partial charge in [0.15, 0.2) is 0 Å². The van der Waals surface area contributed by atoms with Crippen LogP contribution >= 0.6 is 0 Å². The molecule has 1 heterocycles. The van der Waals surface area contributed by atoms with Crippen molar-refractivity contribution < 1.29 is 13.9 Å². The Balaban J connectivity index is 1.44. The second kappa shape index (κ2) is 8.00. The Morgan fingerprint density at radius 2 is 1.88 bits per heavy atom. The third kappa shape index (κ3) is 4.84. The van der Waals surface area contributed by atoms with Gasteiger partial charge in [-0.2, -0.15) is 4.80 Å². The van der Waals surface area contributed by atoms with Gasteiger partial charge in [0.1, 0.15) is 24.7 Å². The molecule has 0 spiro atoms. The summed E-state index contributed by atoms with van der Waals surface area (Å²) in [5.74, 6) is 0.492. The van der Waals surface area contributed by atoms with E-state index in [1.807, 2.05) is 30.3 Å². The number of rotatable bonds is 7. The summed E-state index contributed by atoms with van der Waals surface area (Å²) in [6, 6.07) is 15.1. The molecule has 0 fully saturated rings. The van der Waals surface area contributed by atoms with Crippen LogP contribution in [0.5, 0.6) is 5.75 Å². The normalized spacial score (nSPS) is 10.4. The number of tetrazole rings is 1. The van der Waals surface area contributed by atoms with Crippen LogP contribution in [0, 0.1) is 5.82 Å². The van der Waals surface area contributed by atoms with E-state index in [2.05, 4.69) is 20.7 Å². The molecule has 25 heavy (non-hydrogen) atoms. The highest BCUT2D eigenvalue weighted by atomic mass is 19.1. The van der Waals surface area contributed by atoms with Gasteiger partial charge in [-0.3, -0.25) is 4.79 Å². The Morgan fingerprint density at radius 3 is 2.64 bits per heavy atom. The van der Waals surface area contributed by atoms with E-state index >= 15 is 0 Å². The minimum absolute atomic E-state index is 0.0560. The van der Waals surface area contributed by atoms with Crippen LogP contribution in [-0.4, -0.2) is 39.3 Å². The molecule has 0 aliphatic carbocycles. The van der Waals surface area contributed by atoms with Gasteiger partial charge in [0.2, 0.25) is 11.7 Å². The summed E-state index contributed by atoms with van der Waals surface area (Å²) >= 11 is 0. The Labute approximate surface area is 143 Å². The first kappa shape index (κ1) is 16.6. The second-order valence-corrected chi connectivity index (χ2v) is 5.16. The Hall–Kier alpha value is -3.29. The molecule has 3 rings (SSSR count). The number of halogens is 1. The van der Waals surface area contributed by atoms with Crippen molar-refractivity contribution in [3.63, 3.8) is 0 Å². The summed E-state index contributed by atoms with van der Waals surface area (Å²) in [7, 11) is 0. The fraction of sp³-hybridized carbons (Fsp3) is 0.176. The van der Waals surface area contributed by atoms with Gasteiger partial charge in [-0.05, 0) is 41.6 Å². The molecule has 128 valence electrons. The van der Waals surface area contributed by atoms with E-state index in [0.29, 0.717) is 24.5 Å². The molecule has 0 bridgehead atoms. The Morgan fingerprint density at radius 1 is 1.12 bits per heavy atom. The predicted octanol–water partition coefficient (Wildman–Crippen LogP) is 1.67. The van der Waals surface area contributed by atoms with Crippen LogP contribution in [0.1, 0.15) is 0 Å². The molecule has 7 nitrogen and oxygen atoms in total. The number of aromatic nitrogens is 4. The highest BCUT2D eigenvalue weighted by molar-refractivity contribution is 5.75. The zero-order valence-electron chi connectivity index (χ0n) is 13.3. The van der Waals surface area contributed by atoms with Gasteiger partial charge in [-0.25, -0.2) is 4.39 Å². The van der Waals surface area contributed by atoms with Crippen LogP contribution in [0.4, 0.5) is 4.39 Å². The third-order valence-electron chi connectivity index (χ3n) is 3.28. The molecule has 8 heteroatoms. The number of ether oxygens (including phenoxy) is 1. The largest absolute Gasteiger partial charge is 0.492 e. The van der Waals surface area contributed by atoms with E-state index in [9.17, 15) is 9.18 Å². The van der Waals surface area contributed by atoms with Crippen LogP contribution in [-0.2, 0) is 11.3 Å². The second-order valence-electron chi connectivity index (χ2n) is 5.16. The van der Waals surface area contributed by atoms with E-state index in [1.54, 1.807) is 12.1 Å². The van der Waals surface area contributed by atoms with Crippen molar-refractivity contribution in [2.24, 2.45) is 0 Å². The lowest BCUT2D eigenvalue weighted by atomic mass is 10.2. The molecule has 0 saturated heterocycles. The standard InChI is InChI=1S/C17H16FN5O2/c18-14-8-6-13(7-9-14)17-20-22-23(21-17)12-16(24)19-10-11-25-15-4-2-1-3-5-15/h1-9H,10-12H2,(H,19,24). The lowest BCUT2D eigenvalue weighted by molar-refractivity contribution is -0.122. The number of benzene rings is 2. The summed E-state index contributed by atoms with van der Waals surface area (Å²) in [6.07, 6.45) is 0. The fourth-order valence-electron chi connectivity index (χ4n) is 2.09. The average Bonchev–Trinajstić information content (AvgIpc) is 3.09. The van der Waals surface area contributed by atoms with Gasteiger partial charge in [-0.15, -0.1) is 10.2 Å². The first-order chi connectivity index (χ1) is 12.2. The van der Waals surface area contributed by atoms with Gasteiger partial charge in [0, 0.05) is 5.56 Å². The molecule has 0 radical (unpaired) electrons. The molecule has 1 N–H and O–H groups in total. The molecule has 2 aromatic carbocycles. The molecule has 0 atom stereocenters. The maximum atomic E-state index is 12.9. The molecule has 3 aromatic rings. The zero-order valence-corrected chi connectivity index (χ0v) is 13.3. The number of carbonyl (C=O) groups excluding carboxylic acids is 1. The first-order valence-electron chi connectivity index (χ1n) is 7.69. The van der Waals surface area contributed by atoms with Gasteiger partial charge in [-0.1, -0.05) is 18.2 Å². The summed E-state index contributed by atoms with van der Waals surface area (Å²) < 4.78 is 18.4. The van der Waals surface area contributed by atoms with E-state index in [4.69, 9.17) is 4.74 Å². The van der Waals surface area contributed by atoms with E-state index in [0.717, 1.165) is 5.75 Å². The Bertz CT molecular complexity index is 821. The molecule has 1 aromatic heterocycles. The predicted molar refractivity (Wildman–Crippen MR) is 88.2 cm³/mol. The maximum Gasteiger partial charge on any atom is 0.243 e. The third-order valence-corrected chi connectivity index (χ3v) is 3.28. The van der Waals surface area contributed by atoms with Gasteiger partial charge >= 0.3 is 0 Å². The lowest BCUT2D eigenvalue weighted by Gasteiger charge is -2.07. The smallest absolute Gasteiger partial charge is 0.243 e. The van der Waals surface area contributed by atoms with Crippen LogP contribution in [0.2, 0.25) is 0 Å². The summed E-state index contributed by atoms with van der Waals surface area (Å²) in [5.41, 5.74) is 0.629. The van der Waals surface area contributed by atoms with Crippen molar-refractivity contribution in [3.05, 3.63) is 60.4 Å². The van der Waals surface area contributed by atoms with Crippen molar-refractivity contribution in [3.8, 4) is 17.1 Å². The zero-order chi connectivity index (χ0) is 17.5. The molecular weight excluding hydrogens is 325 g/mol. The number of hydrogen-bond donors (Lipinski definition) is 1. The molecule has 0 aliphatic heterocycles. The Kier molecular flexibility index (Phi) is 5.30. The van der Waals surface area contributed by atoms with Crippen LogP contribution < -0.4 is 10.1 Å². The van der Waals surface area contributed by atoms with Crippen LogP contribution in [0.25, 0.3) is 11.4 Å². The van der Waals surface area contributed by atoms with Crippen molar-refractivity contribution in [2.45, 2.75) is 6.54 Å². The average molecular weight is 341 g/mol. The molecular formula is C17H16FN5O2. The number of nitrogens with zero attached hydrogens (tertiary/aromatic N) is 4. The van der Waals surface area contributed by atoms with Crippen molar-refractivity contribution in [1.82, 2.24) is 25.5 Å². The number of carbonyl (C=O) groups is 1. The summed E-state index contributed by atoms with van der Waals surface area (Å²) in [4.78, 5) is 13.1. The molecule has 0 saturated carbocycles. The molecule has 0 aliphatic rings. The monoisotopic (exact) mass is 341 g/mol. The van der Waals surface area contributed by atoms with Crippen LogP contribution in [0.3, 0.4) is 0 Å². The minimum Gasteiger partial charge on any atom is -0.492 e. The van der Waals surface area contributed by atoms with Gasteiger partial charge < -0.3 is 10.1 Å². The quantitative estimate of drug-likeness (QED) is 0.661. The summed E-state index contributed by atoms with van der Waals surface area (Å²) in [5, 5.41) is 14.5. The minimum atomic E-state index is -0.340. The number of nitrogens with one attached hydrogen (secondary N) is 1. The molecule has 1 amide bonds. The SMILES string of the molecule is O=C(Cn1nnc(-c2ccc(F)cc2)n1)NCCOc1ccccc1. The number of amides is 1. The summed E-state index contributed by atoms with van der Waals surface area (Å²) in [6.45, 7) is 0.675. The highest BCUT2D eigenvalue weighted by Gasteiger charge is 2.09. The maximum absolute atomic E-state index is 12.9. The fourth-order valence-corrected chi connectivity index (χ4v) is 2.09. The lowest BCUT2D eigenvalue weighted by Crippen LogP contribution is -2.31. The topological polar surface area (TPSA) is 81.9 Å². The van der Waals surface area contributed by atoms with E-state index in [1.165, 1.54) is 16.9 Å². The van der Waals surface area contributed by atoms with Crippen molar-refractivity contribution in [1.29, 1.82) is 0 Å². The number of para-hydroxylation sites is 1.